The summed E-state index contributed by atoms with van der Waals surface area (Å²) in [5.74, 6) is -0.631. The zero-order chi connectivity index (χ0) is 13.8. The summed E-state index contributed by atoms with van der Waals surface area (Å²) < 4.78 is 41.9. The SMILES string of the molecule is CCc1c(C(=O)OC)nnn1CCCC(F)(F)F. The molecule has 5 nitrogen and oxygen atoms in total. The Hall–Kier alpha value is -1.60. The highest BCUT2D eigenvalue weighted by Crippen LogP contribution is 2.22. The normalized spacial score (nSPS) is 11.6. The van der Waals surface area contributed by atoms with E-state index in [-0.39, 0.29) is 18.7 Å². The number of alkyl halides is 3. The topological polar surface area (TPSA) is 57.0 Å². The zero-order valence-electron chi connectivity index (χ0n) is 10.1. The molecule has 0 atom stereocenters. The molecule has 0 radical (unpaired) electrons. The van der Waals surface area contributed by atoms with E-state index < -0.39 is 18.6 Å². The summed E-state index contributed by atoms with van der Waals surface area (Å²) in [6, 6.07) is 0. The number of ether oxygens (including phenoxy) is 1. The predicted molar refractivity (Wildman–Crippen MR) is 56.0 cm³/mol. The van der Waals surface area contributed by atoms with Gasteiger partial charge in [0.05, 0.1) is 12.8 Å². The third-order valence-electron chi connectivity index (χ3n) is 2.38. The molecule has 0 amide bonds. The fourth-order valence-electron chi connectivity index (χ4n) is 1.55. The van der Waals surface area contributed by atoms with Gasteiger partial charge in [-0.15, -0.1) is 5.10 Å². The minimum Gasteiger partial charge on any atom is -0.464 e. The van der Waals surface area contributed by atoms with Crippen LogP contribution in [0.25, 0.3) is 0 Å². The summed E-state index contributed by atoms with van der Waals surface area (Å²) in [6.07, 6.45) is -4.72. The van der Waals surface area contributed by atoms with Crippen molar-refractivity contribution in [2.24, 2.45) is 0 Å². The molecule has 0 saturated carbocycles. The number of hydrogen-bond acceptors (Lipinski definition) is 4. The molecule has 18 heavy (non-hydrogen) atoms. The lowest BCUT2D eigenvalue weighted by Gasteiger charge is -2.07. The van der Waals surface area contributed by atoms with Crippen LogP contribution in [0.3, 0.4) is 0 Å². The molecule has 0 aromatic carbocycles. The van der Waals surface area contributed by atoms with Crippen LogP contribution in [0.4, 0.5) is 13.2 Å². The monoisotopic (exact) mass is 265 g/mol. The molecule has 0 bridgehead atoms. The van der Waals surface area contributed by atoms with Crippen molar-refractivity contribution in [1.29, 1.82) is 0 Å². The Morgan fingerprint density at radius 1 is 1.44 bits per heavy atom. The minimum absolute atomic E-state index is 0.0620. The van der Waals surface area contributed by atoms with E-state index in [0.29, 0.717) is 12.1 Å². The van der Waals surface area contributed by atoms with Crippen LogP contribution in [0, 0.1) is 0 Å². The molecule has 0 aliphatic rings. The number of carbonyl (C=O) groups is 1. The van der Waals surface area contributed by atoms with Gasteiger partial charge < -0.3 is 4.74 Å². The molecule has 1 aromatic rings. The Morgan fingerprint density at radius 2 is 2.11 bits per heavy atom. The van der Waals surface area contributed by atoms with Crippen LogP contribution in [-0.2, 0) is 17.7 Å². The molecule has 1 aromatic heterocycles. The highest BCUT2D eigenvalue weighted by molar-refractivity contribution is 5.88. The van der Waals surface area contributed by atoms with Gasteiger partial charge in [-0.3, -0.25) is 0 Å². The summed E-state index contributed by atoms with van der Waals surface area (Å²) in [7, 11) is 1.21. The van der Waals surface area contributed by atoms with E-state index in [1.165, 1.54) is 11.8 Å². The van der Waals surface area contributed by atoms with Gasteiger partial charge in [0.15, 0.2) is 5.69 Å². The number of aryl methyl sites for hydroxylation is 1. The lowest BCUT2D eigenvalue weighted by Crippen LogP contribution is -2.12. The zero-order valence-corrected chi connectivity index (χ0v) is 10.1. The first kappa shape index (κ1) is 14.5. The van der Waals surface area contributed by atoms with Gasteiger partial charge in [0.2, 0.25) is 0 Å². The van der Waals surface area contributed by atoms with Gasteiger partial charge in [0.25, 0.3) is 0 Å². The van der Waals surface area contributed by atoms with Crippen molar-refractivity contribution < 1.29 is 22.7 Å². The van der Waals surface area contributed by atoms with Crippen molar-refractivity contribution in [2.45, 2.75) is 38.9 Å². The lowest BCUT2D eigenvalue weighted by atomic mass is 10.2. The van der Waals surface area contributed by atoms with E-state index >= 15 is 0 Å². The number of methoxy groups -OCH3 is 1. The molecule has 0 spiro atoms. The van der Waals surface area contributed by atoms with Crippen molar-refractivity contribution in [3.05, 3.63) is 11.4 Å². The highest BCUT2D eigenvalue weighted by Gasteiger charge is 2.26. The van der Waals surface area contributed by atoms with Crippen molar-refractivity contribution in [3.63, 3.8) is 0 Å². The molecule has 8 heteroatoms. The van der Waals surface area contributed by atoms with E-state index in [0.717, 1.165) is 0 Å². The van der Waals surface area contributed by atoms with E-state index in [2.05, 4.69) is 15.0 Å². The maximum Gasteiger partial charge on any atom is 0.389 e. The smallest absolute Gasteiger partial charge is 0.389 e. The van der Waals surface area contributed by atoms with Gasteiger partial charge in [0, 0.05) is 13.0 Å². The first-order chi connectivity index (χ1) is 8.39. The largest absolute Gasteiger partial charge is 0.464 e. The quantitative estimate of drug-likeness (QED) is 0.764. The predicted octanol–water partition coefficient (Wildman–Crippen LogP) is 1.97. The summed E-state index contributed by atoms with van der Waals surface area (Å²) >= 11 is 0. The molecule has 0 unspecified atom stereocenters. The van der Waals surface area contributed by atoms with E-state index in [1.54, 1.807) is 6.92 Å². The van der Waals surface area contributed by atoms with Gasteiger partial charge >= 0.3 is 12.1 Å². The highest BCUT2D eigenvalue weighted by atomic mass is 19.4. The third-order valence-corrected chi connectivity index (χ3v) is 2.38. The number of esters is 1. The van der Waals surface area contributed by atoms with Gasteiger partial charge in [0.1, 0.15) is 0 Å². The molecular formula is C10H14F3N3O2. The van der Waals surface area contributed by atoms with Crippen LogP contribution in [0.2, 0.25) is 0 Å². The average Bonchev–Trinajstić information content (AvgIpc) is 2.69. The van der Waals surface area contributed by atoms with Crippen LogP contribution in [0.1, 0.15) is 35.9 Å². The van der Waals surface area contributed by atoms with Crippen LogP contribution in [-0.4, -0.2) is 34.2 Å². The van der Waals surface area contributed by atoms with Gasteiger partial charge in [-0.25, -0.2) is 9.48 Å². The molecule has 0 aliphatic carbocycles. The second-order valence-electron chi connectivity index (χ2n) is 3.67. The van der Waals surface area contributed by atoms with Crippen molar-refractivity contribution in [2.75, 3.05) is 7.11 Å². The number of hydrogen-bond donors (Lipinski definition) is 0. The van der Waals surface area contributed by atoms with E-state index in [1.807, 2.05) is 0 Å². The average molecular weight is 265 g/mol. The summed E-state index contributed by atoms with van der Waals surface area (Å²) in [4.78, 5) is 11.3. The fourth-order valence-corrected chi connectivity index (χ4v) is 1.55. The summed E-state index contributed by atoms with van der Waals surface area (Å²) in [6.45, 7) is 1.85. The van der Waals surface area contributed by atoms with Crippen LogP contribution < -0.4 is 0 Å². The Labute approximate surface area is 102 Å². The first-order valence-corrected chi connectivity index (χ1v) is 5.46. The number of halogens is 3. The van der Waals surface area contributed by atoms with Crippen LogP contribution >= 0.6 is 0 Å². The fraction of sp³-hybridized carbons (Fsp3) is 0.700. The summed E-state index contributed by atoms with van der Waals surface area (Å²) in [5.41, 5.74) is 0.552. The Kier molecular flexibility index (Phi) is 4.69. The van der Waals surface area contributed by atoms with Crippen LogP contribution in [0.15, 0.2) is 0 Å². The Balaban J connectivity index is 2.72. The number of aromatic nitrogens is 3. The molecule has 1 rings (SSSR count). The molecule has 0 saturated heterocycles. The Bertz CT molecular complexity index is 415. The molecule has 1 heterocycles. The lowest BCUT2D eigenvalue weighted by molar-refractivity contribution is -0.136. The van der Waals surface area contributed by atoms with Crippen molar-refractivity contribution >= 4 is 5.97 Å². The maximum absolute atomic E-state index is 12.0. The first-order valence-electron chi connectivity index (χ1n) is 5.46. The molecule has 0 aliphatic heterocycles. The van der Waals surface area contributed by atoms with Gasteiger partial charge in [-0.05, 0) is 12.8 Å². The molecule has 102 valence electrons. The Morgan fingerprint density at radius 3 is 2.61 bits per heavy atom. The minimum atomic E-state index is -4.18. The number of carbonyl (C=O) groups excluding carboxylic acids is 1. The standard InChI is InChI=1S/C10H14F3N3O2/c1-3-7-8(9(17)18-2)14-15-16(7)6-4-5-10(11,12)13/h3-6H2,1-2H3. The van der Waals surface area contributed by atoms with Crippen molar-refractivity contribution in [1.82, 2.24) is 15.0 Å². The molecule has 0 fully saturated rings. The second kappa shape index (κ2) is 5.83. The van der Waals surface area contributed by atoms with Crippen LogP contribution in [0.5, 0.6) is 0 Å². The van der Waals surface area contributed by atoms with E-state index in [4.69, 9.17) is 0 Å². The third kappa shape index (κ3) is 3.71. The van der Waals surface area contributed by atoms with Crippen molar-refractivity contribution in [3.8, 4) is 0 Å². The van der Waals surface area contributed by atoms with Gasteiger partial charge in [-0.1, -0.05) is 12.1 Å². The summed E-state index contributed by atoms with van der Waals surface area (Å²) in [5, 5.41) is 7.30. The number of nitrogens with zero attached hydrogens (tertiary/aromatic N) is 3. The second-order valence-corrected chi connectivity index (χ2v) is 3.67. The van der Waals surface area contributed by atoms with E-state index in [9.17, 15) is 18.0 Å². The van der Waals surface area contributed by atoms with Gasteiger partial charge in [-0.2, -0.15) is 13.2 Å². The molecular weight excluding hydrogens is 251 g/mol. The molecule has 0 N–H and O–H groups in total. The maximum atomic E-state index is 12.0. The number of rotatable bonds is 5.